The van der Waals surface area contributed by atoms with E-state index < -0.39 is 45.9 Å². The van der Waals surface area contributed by atoms with Crippen LogP contribution >= 0.6 is 15.2 Å². The molecule has 0 aromatic heterocycles. The number of aliphatic hydroxyl groups is 1. The Morgan fingerprint density at radius 1 is 1.11 bits per heavy atom. The van der Waals surface area contributed by atoms with Gasteiger partial charge in [0.05, 0.1) is 6.61 Å². The maximum absolute atomic E-state index is 11.0. The van der Waals surface area contributed by atoms with Crippen LogP contribution < -0.4 is 0 Å². The first kappa shape index (κ1) is 17.7. The summed E-state index contributed by atoms with van der Waals surface area (Å²) in [5, 5.41) is 17.9. The van der Waals surface area contributed by atoms with Crippen LogP contribution in [0.5, 0.6) is 0 Å². The van der Waals surface area contributed by atoms with Crippen LogP contribution in [0.3, 0.4) is 0 Å². The van der Waals surface area contributed by atoms with E-state index in [1.54, 1.807) is 0 Å². The Morgan fingerprint density at radius 3 is 1.61 bits per heavy atom. The molecule has 0 bridgehead atoms. The van der Waals surface area contributed by atoms with Gasteiger partial charge in [0.2, 0.25) is 0 Å². The number of carbonyl (C=O) groups is 1. The highest BCUT2D eigenvalue weighted by atomic mass is 31.2. The van der Waals surface area contributed by atoms with E-state index in [1.165, 1.54) is 0 Å². The molecule has 0 radical (unpaired) electrons. The fourth-order valence-electron chi connectivity index (χ4n) is 1.10. The molecular formula is C6H15NO9P2. The predicted molar refractivity (Wildman–Crippen MR) is 58.8 cm³/mol. The number of nitrogens with zero attached hydrogens (tertiary/aromatic N) is 1. The Labute approximate surface area is 102 Å². The summed E-state index contributed by atoms with van der Waals surface area (Å²) in [5.41, 5.74) is -2.21. The van der Waals surface area contributed by atoms with Crippen molar-refractivity contribution in [1.82, 2.24) is 4.90 Å². The van der Waals surface area contributed by atoms with Gasteiger partial charge in [-0.05, 0) is 6.92 Å². The number of aliphatic hydroxyl groups excluding tert-OH is 1. The summed E-state index contributed by atoms with van der Waals surface area (Å²) in [6.07, 6.45) is -2.39. The molecule has 0 aliphatic carbocycles. The highest BCUT2D eigenvalue weighted by Gasteiger charge is 2.44. The lowest BCUT2D eigenvalue weighted by atomic mass is 10.0. The minimum absolute atomic E-state index is 0.358. The lowest BCUT2D eigenvalue weighted by Gasteiger charge is -2.36. The van der Waals surface area contributed by atoms with E-state index in [4.69, 9.17) is 29.8 Å². The summed E-state index contributed by atoms with van der Waals surface area (Å²) in [4.78, 5) is 46.4. The largest absolute Gasteiger partial charge is 0.480 e. The maximum atomic E-state index is 11.0. The standard InChI is InChI=1S/C6H15NO9P2/c1-6(2-8,5(9)10)7(3-17(11,12)13)4-18(14,15)16/h8H,2-4H2,1H3,(H,9,10)(H2,11,12,13)(H2,14,15,16). The Bertz CT molecular complexity index is 376. The molecule has 12 heteroatoms. The molecule has 0 aromatic carbocycles. The third kappa shape index (κ3) is 5.55. The monoisotopic (exact) mass is 307 g/mol. The topological polar surface area (TPSA) is 176 Å². The molecule has 0 fully saturated rings. The summed E-state index contributed by atoms with van der Waals surface area (Å²) in [6, 6.07) is 0. The molecule has 0 heterocycles. The van der Waals surface area contributed by atoms with E-state index in [0.717, 1.165) is 6.92 Å². The lowest BCUT2D eigenvalue weighted by Crippen LogP contribution is -2.55. The summed E-state index contributed by atoms with van der Waals surface area (Å²) >= 11 is 0. The summed E-state index contributed by atoms with van der Waals surface area (Å²) in [6.45, 7) is -0.164. The molecule has 0 aliphatic heterocycles. The molecule has 0 spiro atoms. The van der Waals surface area contributed by atoms with Crippen LogP contribution in [0.25, 0.3) is 0 Å². The molecule has 0 amide bonds. The number of aliphatic carboxylic acids is 1. The zero-order valence-electron chi connectivity index (χ0n) is 9.37. The quantitative estimate of drug-likeness (QED) is 0.300. The molecule has 10 nitrogen and oxygen atoms in total. The number of carboxylic acids is 1. The SMILES string of the molecule is CC(CO)(C(=O)O)N(CP(=O)(O)O)CP(=O)(O)O. The van der Waals surface area contributed by atoms with Gasteiger partial charge in [-0.25, -0.2) is 0 Å². The van der Waals surface area contributed by atoms with E-state index in [1.807, 2.05) is 0 Å². The van der Waals surface area contributed by atoms with Gasteiger partial charge in [0.25, 0.3) is 0 Å². The second kappa shape index (κ2) is 5.77. The number of hydrogen-bond acceptors (Lipinski definition) is 5. The second-order valence-electron chi connectivity index (χ2n) is 3.89. The minimum atomic E-state index is -4.75. The van der Waals surface area contributed by atoms with E-state index in [0.29, 0.717) is 4.90 Å². The van der Waals surface area contributed by atoms with Gasteiger partial charge in [-0.2, -0.15) is 0 Å². The molecule has 0 saturated carbocycles. The van der Waals surface area contributed by atoms with Crippen molar-refractivity contribution in [2.45, 2.75) is 12.5 Å². The van der Waals surface area contributed by atoms with Crippen LogP contribution in [-0.2, 0) is 13.9 Å². The van der Waals surface area contributed by atoms with Crippen LogP contribution in [-0.4, -0.2) is 65.4 Å². The fourth-order valence-corrected chi connectivity index (χ4v) is 2.98. The van der Waals surface area contributed by atoms with Crippen molar-refractivity contribution in [1.29, 1.82) is 0 Å². The van der Waals surface area contributed by atoms with Crippen LogP contribution in [0.15, 0.2) is 0 Å². The zero-order chi connectivity index (χ0) is 14.8. The molecule has 6 N–H and O–H groups in total. The van der Waals surface area contributed by atoms with Crippen LogP contribution in [0.2, 0.25) is 0 Å². The number of hydrogen-bond donors (Lipinski definition) is 6. The number of rotatable bonds is 7. The van der Waals surface area contributed by atoms with E-state index in [2.05, 4.69) is 0 Å². The first-order valence-electron chi connectivity index (χ1n) is 4.50. The normalized spacial score (nSPS) is 16.6. The zero-order valence-corrected chi connectivity index (χ0v) is 11.2. The fraction of sp³-hybridized carbons (Fsp3) is 0.833. The highest BCUT2D eigenvalue weighted by Crippen LogP contribution is 2.43. The van der Waals surface area contributed by atoms with Crippen molar-refractivity contribution in [3.63, 3.8) is 0 Å². The first-order chi connectivity index (χ1) is 7.82. The van der Waals surface area contributed by atoms with Gasteiger partial charge in [0.15, 0.2) is 0 Å². The third-order valence-electron chi connectivity index (χ3n) is 2.18. The Hall–Kier alpha value is -0.310. The van der Waals surface area contributed by atoms with Crippen LogP contribution in [0.4, 0.5) is 0 Å². The average Bonchev–Trinajstić information content (AvgIpc) is 2.10. The maximum Gasteiger partial charge on any atom is 0.339 e. The van der Waals surface area contributed by atoms with Gasteiger partial charge >= 0.3 is 21.2 Å². The third-order valence-corrected chi connectivity index (χ3v) is 3.60. The summed E-state index contributed by atoms with van der Waals surface area (Å²) in [5.74, 6) is -1.66. The molecule has 18 heavy (non-hydrogen) atoms. The molecule has 0 aliphatic rings. The Morgan fingerprint density at radius 2 is 1.44 bits per heavy atom. The highest BCUT2D eigenvalue weighted by molar-refractivity contribution is 7.52. The van der Waals surface area contributed by atoms with Crippen molar-refractivity contribution < 1.29 is 43.7 Å². The van der Waals surface area contributed by atoms with E-state index >= 15 is 0 Å². The summed E-state index contributed by atoms with van der Waals surface area (Å²) < 4.78 is 21.7. The van der Waals surface area contributed by atoms with E-state index in [9.17, 15) is 13.9 Å². The van der Waals surface area contributed by atoms with Crippen LogP contribution in [0.1, 0.15) is 6.92 Å². The molecule has 0 aromatic rings. The lowest BCUT2D eigenvalue weighted by molar-refractivity contribution is -0.152. The predicted octanol–water partition coefficient (Wildman–Crippen LogP) is -1.61. The Balaban J connectivity index is 5.39. The van der Waals surface area contributed by atoms with Gasteiger partial charge in [-0.1, -0.05) is 0 Å². The minimum Gasteiger partial charge on any atom is -0.480 e. The van der Waals surface area contributed by atoms with Crippen LogP contribution in [0, 0.1) is 0 Å². The van der Waals surface area contributed by atoms with Crippen molar-refractivity contribution in [2.75, 3.05) is 19.2 Å². The molecular weight excluding hydrogens is 292 g/mol. The average molecular weight is 307 g/mol. The molecule has 1 atom stereocenters. The van der Waals surface area contributed by atoms with Crippen molar-refractivity contribution >= 4 is 21.2 Å². The number of carboxylic acid groups (broad SMARTS) is 1. The molecule has 1 unspecified atom stereocenters. The Kier molecular flexibility index (Phi) is 5.67. The van der Waals surface area contributed by atoms with Gasteiger partial charge in [-0.15, -0.1) is 0 Å². The van der Waals surface area contributed by atoms with E-state index in [-0.39, 0.29) is 0 Å². The second-order valence-corrected chi connectivity index (χ2v) is 7.11. The van der Waals surface area contributed by atoms with Crippen molar-refractivity contribution in [2.24, 2.45) is 0 Å². The van der Waals surface area contributed by atoms with Crippen molar-refractivity contribution in [3.8, 4) is 0 Å². The van der Waals surface area contributed by atoms with Crippen molar-refractivity contribution in [3.05, 3.63) is 0 Å². The van der Waals surface area contributed by atoms with Gasteiger partial charge in [0.1, 0.15) is 18.1 Å². The van der Waals surface area contributed by atoms with Gasteiger partial charge in [-0.3, -0.25) is 18.8 Å². The molecule has 0 rings (SSSR count). The summed E-state index contributed by atoms with van der Waals surface area (Å²) in [7, 11) is -9.50. The van der Waals surface area contributed by atoms with Gasteiger partial charge in [0, 0.05) is 0 Å². The molecule has 108 valence electrons. The first-order valence-corrected chi connectivity index (χ1v) is 8.10. The smallest absolute Gasteiger partial charge is 0.339 e. The molecule has 0 saturated heterocycles. The van der Waals surface area contributed by atoms with Gasteiger partial charge < -0.3 is 29.8 Å².